The molecule has 28 heavy (non-hydrogen) atoms. The Morgan fingerprint density at radius 3 is 2.43 bits per heavy atom. The molecule has 1 aromatic heterocycles. The Morgan fingerprint density at radius 2 is 1.89 bits per heavy atom. The smallest absolute Gasteiger partial charge is 0.408 e. The van der Waals surface area contributed by atoms with Crippen molar-refractivity contribution in [1.82, 2.24) is 10.3 Å². The summed E-state index contributed by atoms with van der Waals surface area (Å²) < 4.78 is 5.45. The second-order valence-electron chi connectivity index (χ2n) is 8.28. The topological polar surface area (TPSA) is 71.5 Å². The second-order valence-corrected chi connectivity index (χ2v) is 9.14. The molecule has 0 radical (unpaired) electrons. The zero-order valence-corrected chi connectivity index (χ0v) is 18.3. The van der Waals surface area contributed by atoms with Crippen molar-refractivity contribution in [2.75, 3.05) is 6.61 Å². The normalized spacial score (nSPS) is 13.8. The van der Waals surface area contributed by atoms with E-state index in [1.54, 1.807) is 11.3 Å². The van der Waals surface area contributed by atoms with Gasteiger partial charge in [0.1, 0.15) is 5.60 Å². The van der Waals surface area contributed by atoms with Crippen LogP contribution >= 0.6 is 11.3 Å². The summed E-state index contributed by atoms with van der Waals surface area (Å²) in [6.07, 6.45) is 2.06. The highest BCUT2D eigenvalue weighted by molar-refractivity contribution is 7.13. The largest absolute Gasteiger partial charge is 0.444 e. The number of nitrogens with one attached hydrogen (secondary N) is 1. The molecule has 0 saturated heterocycles. The van der Waals surface area contributed by atoms with Gasteiger partial charge in [0.15, 0.2) is 0 Å². The summed E-state index contributed by atoms with van der Waals surface area (Å²) in [6, 6.07) is 8.15. The molecule has 1 amide bonds. The number of aliphatic hydroxyl groups is 1. The first-order valence-corrected chi connectivity index (χ1v) is 10.7. The molecule has 0 aliphatic rings. The van der Waals surface area contributed by atoms with Crippen LogP contribution in [0.15, 0.2) is 29.8 Å². The van der Waals surface area contributed by atoms with Crippen LogP contribution in [-0.2, 0) is 4.74 Å². The fourth-order valence-electron chi connectivity index (χ4n) is 3.03. The van der Waals surface area contributed by atoms with E-state index in [1.165, 1.54) is 4.88 Å². The molecular weight excluding hydrogens is 372 g/mol. The van der Waals surface area contributed by atoms with Crippen LogP contribution in [0.1, 0.15) is 64.3 Å². The maximum absolute atomic E-state index is 12.3. The Labute approximate surface area is 172 Å². The number of aromatic nitrogens is 1. The van der Waals surface area contributed by atoms with E-state index in [1.807, 2.05) is 33.2 Å². The first-order valence-electron chi connectivity index (χ1n) is 9.80. The maximum Gasteiger partial charge on any atom is 0.408 e. The molecule has 0 aliphatic carbocycles. The summed E-state index contributed by atoms with van der Waals surface area (Å²) in [5, 5.41) is 12.2. The number of amides is 1. The van der Waals surface area contributed by atoms with Crippen molar-refractivity contribution in [3.63, 3.8) is 0 Å². The minimum Gasteiger partial charge on any atom is -0.444 e. The average molecular weight is 405 g/mol. The molecule has 0 unspecified atom stereocenters. The highest BCUT2D eigenvalue weighted by Crippen LogP contribution is 2.30. The Morgan fingerprint density at radius 1 is 1.21 bits per heavy atom. The predicted molar refractivity (Wildman–Crippen MR) is 114 cm³/mol. The Balaban J connectivity index is 2.14. The number of thiazole rings is 1. The zero-order chi connectivity index (χ0) is 20.7. The van der Waals surface area contributed by atoms with Gasteiger partial charge in [-0.2, -0.15) is 0 Å². The molecular formula is C22H32N2O3S. The van der Waals surface area contributed by atoms with Crippen LogP contribution in [0.2, 0.25) is 0 Å². The van der Waals surface area contributed by atoms with Gasteiger partial charge in [-0.25, -0.2) is 9.78 Å². The molecule has 1 heterocycles. The fraction of sp³-hybridized carbons (Fsp3) is 0.545. The summed E-state index contributed by atoms with van der Waals surface area (Å²) in [5.41, 5.74) is 4.53. The molecule has 0 spiro atoms. The number of benzene rings is 1. The van der Waals surface area contributed by atoms with Gasteiger partial charge in [0.25, 0.3) is 0 Å². The lowest BCUT2D eigenvalue weighted by Gasteiger charge is -2.25. The number of hydrogen-bond donors (Lipinski definition) is 2. The first kappa shape index (κ1) is 22.4. The Hall–Kier alpha value is -1.92. The third kappa shape index (κ3) is 6.91. The lowest BCUT2D eigenvalue weighted by Crippen LogP contribution is -2.35. The number of ether oxygens (including phenoxy) is 1. The number of alkyl carbamates (subject to hydrolysis) is 1. The van der Waals surface area contributed by atoms with Gasteiger partial charge in [0.2, 0.25) is 0 Å². The van der Waals surface area contributed by atoms with E-state index in [-0.39, 0.29) is 12.6 Å². The van der Waals surface area contributed by atoms with Crippen LogP contribution in [-0.4, -0.2) is 28.4 Å². The summed E-state index contributed by atoms with van der Waals surface area (Å²) in [7, 11) is 0. The van der Waals surface area contributed by atoms with Crippen LogP contribution < -0.4 is 5.32 Å². The quantitative estimate of drug-likeness (QED) is 0.611. The third-order valence-corrected chi connectivity index (χ3v) is 5.56. The van der Waals surface area contributed by atoms with E-state index in [9.17, 15) is 4.79 Å². The molecule has 2 atom stereocenters. The molecule has 154 valence electrons. The number of rotatable bonds is 8. The highest BCUT2D eigenvalue weighted by atomic mass is 32.1. The van der Waals surface area contributed by atoms with Crippen molar-refractivity contribution in [3.8, 4) is 10.4 Å². The van der Waals surface area contributed by atoms with Gasteiger partial charge < -0.3 is 15.2 Å². The average Bonchev–Trinajstić information content (AvgIpc) is 3.03. The number of carbonyl (C=O) groups is 1. The van der Waals surface area contributed by atoms with Crippen molar-refractivity contribution in [2.24, 2.45) is 5.92 Å². The van der Waals surface area contributed by atoms with Crippen molar-refractivity contribution in [3.05, 3.63) is 41.0 Å². The van der Waals surface area contributed by atoms with Gasteiger partial charge in [-0.15, -0.1) is 11.3 Å². The van der Waals surface area contributed by atoms with E-state index in [0.29, 0.717) is 5.92 Å². The predicted octanol–water partition coefficient (Wildman–Crippen LogP) is 5.48. The number of carbonyl (C=O) groups excluding carboxylic acids is 1. The lowest BCUT2D eigenvalue weighted by atomic mass is 9.94. The number of aryl methyl sites for hydroxylation is 1. The molecule has 1 aromatic carbocycles. The molecule has 0 aliphatic heterocycles. The van der Waals surface area contributed by atoms with Crippen LogP contribution in [0.5, 0.6) is 0 Å². The van der Waals surface area contributed by atoms with E-state index >= 15 is 0 Å². The summed E-state index contributed by atoms with van der Waals surface area (Å²) in [4.78, 5) is 17.8. The number of aliphatic hydroxyl groups excluding tert-OH is 1. The van der Waals surface area contributed by atoms with Crippen LogP contribution in [0, 0.1) is 12.8 Å². The van der Waals surface area contributed by atoms with Gasteiger partial charge in [-0.05, 0) is 64.0 Å². The van der Waals surface area contributed by atoms with E-state index in [2.05, 4.69) is 41.5 Å². The van der Waals surface area contributed by atoms with Crippen molar-refractivity contribution < 1.29 is 14.6 Å². The lowest BCUT2D eigenvalue weighted by molar-refractivity contribution is 0.0498. The molecule has 2 N–H and O–H groups in total. The van der Waals surface area contributed by atoms with Crippen molar-refractivity contribution >= 4 is 17.4 Å². The Bertz CT molecular complexity index is 750. The van der Waals surface area contributed by atoms with Crippen molar-refractivity contribution in [1.29, 1.82) is 0 Å². The van der Waals surface area contributed by atoms with Gasteiger partial charge in [-0.1, -0.05) is 31.2 Å². The summed E-state index contributed by atoms with van der Waals surface area (Å²) in [6.45, 7) is 9.89. The SMILES string of the molecule is Cc1ncsc1-c1ccc([C@H](CC[C@H](C)CCO)NC(=O)OC(C)(C)C)cc1. The molecule has 0 fully saturated rings. The third-order valence-electron chi connectivity index (χ3n) is 4.58. The summed E-state index contributed by atoms with van der Waals surface area (Å²) >= 11 is 1.63. The van der Waals surface area contributed by atoms with Crippen molar-refractivity contribution in [2.45, 2.75) is 65.5 Å². The number of nitrogens with zero attached hydrogens (tertiary/aromatic N) is 1. The molecule has 0 saturated carbocycles. The molecule has 2 aromatic rings. The highest BCUT2D eigenvalue weighted by Gasteiger charge is 2.21. The Kier molecular flexibility index (Phi) is 8.01. The zero-order valence-electron chi connectivity index (χ0n) is 17.5. The van der Waals surface area contributed by atoms with Crippen LogP contribution in [0.25, 0.3) is 10.4 Å². The number of hydrogen-bond acceptors (Lipinski definition) is 5. The molecule has 5 nitrogen and oxygen atoms in total. The van der Waals surface area contributed by atoms with E-state index in [4.69, 9.17) is 9.84 Å². The molecule has 2 rings (SSSR count). The first-order chi connectivity index (χ1) is 13.2. The maximum atomic E-state index is 12.3. The van der Waals surface area contributed by atoms with Gasteiger partial charge >= 0.3 is 6.09 Å². The molecule has 0 bridgehead atoms. The monoisotopic (exact) mass is 404 g/mol. The minimum absolute atomic E-state index is 0.132. The van der Waals surface area contributed by atoms with E-state index < -0.39 is 11.7 Å². The van der Waals surface area contributed by atoms with Gasteiger partial charge in [0, 0.05) is 6.61 Å². The second kappa shape index (κ2) is 10.0. The van der Waals surface area contributed by atoms with Gasteiger partial charge in [-0.3, -0.25) is 0 Å². The van der Waals surface area contributed by atoms with Crippen LogP contribution in [0.3, 0.4) is 0 Å². The van der Waals surface area contributed by atoms with E-state index in [0.717, 1.165) is 36.1 Å². The fourth-order valence-corrected chi connectivity index (χ4v) is 3.85. The standard InChI is InChI=1S/C22H32N2O3S/c1-15(12-13-25)6-11-19(24-21(26)27-22(3,4)5)17-7-9-18(10-8-17)20-16(2)23-14-28-20/h7-10,14-15,19,25H,6,11-13H2,1-5H3,(H,24,26)/t15-,19-/m0/s1. The van der Waals surface area contributed by atoms with Crippen LogP contribution in [0.4, 0.5) is 4.79 Å². The minimum atomic E-state index is -0.535. The summed E-state index contributed by atoms with van der Waals surface area (Å²) in [5.74, 6) is 0.395. The molecule has 6 heteroatoms. The van der Waals surface area contributed by atoms with Gasteiger partial charge in [0.05, 0.1) is 22.1 Å².